The van der Waals surface area contributed by atoms with Gasteiger partial charge in [-0.3, -0.25) is 0 Å². The number of hydrogen-bond acceptors (Lipinski definition) is 4. The third-order valence-electron chi connectivity index (χ3n) is 4.77. The predicted octanol–water partition coefficient (Wildman–Crippen LogP) is 6.42. The first-order valence-electron chi connectivity index (χ1n) is 9.43. The Morgan fingerprint density at radius 2 is 0.933 bits per heavy atom. The van der Waals surface area contributed by atoms with Crippen molar-refractivity contribution in [2.75, 3.05) is 12.5 Å². The molecule has 0 bridgehead atoms. The van der Waals surface area contributed by atoms with Gasteiger partial charge in [0, 0.05) is 27.7 Å². The van der Waals surface area contributed by atoms with Crippen molar-refractivity contribution in [1.29, 1.82) is 0 Å². The molecule has 30 heavy (non-hydrogen) atoms. The quantitative estimate of drug-likeness (QED) is 0.372. The zero-order valence-electron chi connectivity index (χ0n) is 16.8. The van der Waals surface area contributed by atoms with E-state index in [9.17, 15) is 8.42 Å². The molecule has 0 amide bonds. The second-order valence-corrected chi connectivity index (χ2v) is 11.6. The Kier molecular flexibility index (Phi) is 5.45. The van der Waals surface area contributed by atoms with Gasteiger partial charge in [0.25, 0.3) is 0 Å². The van der Waals surface area contributed by atoms with E-state index in [-0.39, 0.29) is 0 Å². The number of benzene rings is 4. The topological polar surface area (TPSA) is 58.9 Å². The molecule has 0 aliphatic carbocycles. The van der Waals surface area contributed by atoms with E-state index in [4.69, 9.17) is 0 Å². The van der Waals surface area contributed by atoms with Gasteiger partial charge in [-0.2, -0.15) is 8.73 Å². The zero-order chi connectivity index (χ0) is 21.2. The van der Waals surface area contributed by atoms with Crippen LogP contribution in [0.4, 0.5) is 11.4 Å². The van der Waals surface area contributed by atoms with Crippen molar-refractivity contribution < 1.29 is 8.42 Å². The summed E-state index contributed by atoms with van der Waals surface area (Å²) in [6.07, 6.45) is 3.27. The highest BCUT2D eigenvalue weighted by molar-refractivity contribution is 7.93. The Bertz CT molecular complexity index is 1340. The van der Waals surface area contributed by atoms with Gasteiger partial charge in [-0.1, -0.05) is 60.7 Å². The van der Waals surface area contributed by atoms with E-state index >= 15 is 0 Å². The van der Waals surface area contributed by atoms with E-state index in [0.717, 1.165) is 10.8 Å². The molecule has 0 unspecified atom stereocenters. The molecule has 0 heterocycles. The molecule has 0 N–H and O–H groups in total. The van der Waals surface area contributed by atoms with Crippen molar-refractivity contribution in [3.63, 3.8) is 0 Å². The molecular formula is C24H22N2O2S2. The van der Waals surface area contributed by atoms with E-state index in [0.29, 0.717) is 21.2 Å². The molecule has 0 saturated heterocycles. The average Bonchev–Trinajstić information content (AvgIpc) is 2.75. The van der Waals surface area contributed by atoms with Crippen molar-refractivity contribution in [3.05, 3.63) is 97.1 Å². The smallest absolute Gasteiger partial charge is 0.0833 e. The average molecular weight is 435 g/mol. The highest BCUT2D eigenvalue weighted by atomic mass is 32.2. The number of fused-ring (bicyclic) bond motifs is 1. The number of nitrogens with zero attached hydrogens (tertiary/aromatic N) is 2. The van der Waals surface area contributed by atoms with Crippen molar-refractivity contribution >= 4 is 41.6 Å². The van der Waals surface area contributed by atoms with Gasteiger partial charge >= 0.3 is 0 Å². The molecule has 0 aromatic heterocycles. The van der Waals surface area contributed by atoms with Crippen LogP contribution in [0.3, 0.4) is 0 Å². The van der Waals surface area contributed by atoms with E-state index in [1.54, 1.807) is 12.5 Å². The van der Waals surface area contributed by atoms with Crippen LogP contribution in [0, 0.1) is 0 Å². The van der Waals surface area contributed by atoms with Gasteiger partial charge < -0.3 is 0 Å². The molecule has 0 radical (unpaired) electrons. The summed E-state index contributed by atoms with van der Waals surface area (Å²) in [6, 6.07) is 29.8. The molecule has 152 valence electrons. The molecule has 4 rings (SSSR count). The molecule has 6 heteroatoms. The van der Waals surface area contributed by atoms with Gasteiger partial charge in [0.05, 0.1) is 30.8 Å². The summed E-state index contributed by atoms with van der Waals surface area (Å²) < 4.78 is 36.0. The molecule has 0 aliphatic rings. The molecule has 0 spiro atoms. The molecule has 4 nitrogen and oxygen atoms in total. The lowest BCUT2D eigenvalue weighted by Crippen LogP contribution is -1.97. The van der Waals surface area contributed by atoms with Crippen LogP contribution in [0.2, 0.25) is 0 Å². The lowest BCUT2D eigenvalue weighted by atomic mass is 10.1. The second kappa shape index (κ2) is 8.05. The Hall–Kier alpha value is -2.96. The zero-order valence-corrected chi connectivity index (χ0v) is 18.4. The van der Waals surface area contributed by atoms with Crippen LogP contribution in [-0.2, 0) is 19.5 Å². The maximum absolute atomic E-state index is 13.4. The summed E-state index contributed by atoms with van der Waals surface area (Å²) >= 11 is 0. The fourth-order valence-electron chi connectivity index (χ4n) is 3.28. The van der Waals surface area contributed by atoms with Crippen LogP contribution in [0.25, 0.3) is 10.8 Å². The maximum Gasteiger partial charge on any atom is 0.0833 e. The highest BCUT2D eigenvalue weighted by Gasteiger charge is 2.12. The molecule has 0 fully saturated rings. The Balaban J connectivity index is 1.97. The predicted molar refractivity (Wildman–Crippen MR) is 126 cm³/mol. The first-order valence-corrected chi connectivity index (χ1v) is 13.3. The summed E-state index contributed by atoms with van der Waals surface area (Å²) in [7, 11) is -5.31. The van der Waals surface area contributed by atoms with Crippen LogP contribution < -0.4 is 0 Å². The van der Waals surface area contributed by atoms with Gasteiger partial charge in [0.1, 0.15) is 0 Å². The monoisotopic (exact) mass is 434 g/mol. The van der Waals surface area contributed by atoms with Crippen LogP contribution in [-0.4, -0.2) is 20.9 Å². The van der Waals surface area contributed by atoms with E-state index in [1.807, 2.05) is 97.1 Å². The van der Waals surface area contributed by atoms with Gasteiger partial charge in [-0.15, -0.1) is 0 Å². The van der Waals surface area contributed by atoms with Crippen molar-refractivity contribution in [3.8, 4) is 0 Å². The van der Waals surface area contributed by atoms with E-state index in [2.05, 4.69) is 8.73 Å². The Morgan fingerprint density at radius 3 is 1.33 bits per heavy atom. The third kappa shape index (κ3) is 4.15. The van der Waals surface area contributed by atoms with Crippen molar-refractivity contribution in [2.24, 2.45) is 8.73 Å². The van der Waals surface area contributed by atoms with Crippen LogP contribution in [0.5, 0.6) is 0 Å². The summed E-state index contributed by atoms with van der Waals surface area (Å²) in [5.41, 5.74) is 1.15. The summed E-state index contributed by atoms with van der Waals surface area (Å²) in [5, 5.41) is 1.65. The second-order valence-electron chi connectivity index (χ2n) is 7.07. The van der Waals surface area contributed by atoms with Crippen LogP contribution >= 0.6 is 0 Å². The SMILES string of the molecule is C[S@@](=O)(=Nc1cccc2cccc(N=[S@@](C)(=O)c3ccccc3)c12)c1ccccc1. The third-order valence-corrected chi connectivity index (χ3v) is 8.15. The van der Waals surface area contributed by atoms with Crippen LogP contribution in [0.15, 0.2) is 116 Å². The largest absolute Gasteiger partial charge is 0.245 e. The van der Waals surface area contributed by atoms with Gasteiger partial charge in [-0.05, 0) is 41.8 Å². The highest BCUT2D eigenvalue weighted by Crippen LogP contribution is 2.37. The van der Waals surface area contributed by atoms with Crippen LogP contribution in [0.1, 0.15) is 0 Å². The normalized spacial score (nSPS) is 15.1. The number of rotatable bonds is 4. The molecule has 4 aromatic carbocycles. The Morgan fingerprint density at radius 1 is 0.533 bits per heavy atom. The first-order chi connectivity index (χ1) is 14.4. The minimum absolute atomic E-state index is 0.575. The maximum atomic E-state index is 13.4. The number of hydrogen-bond donors (Lipinski definition) is 0. The summed E-state index contributed by atoms with van der Waals surface area (Å²) in [5.74, 6) is 0. The lowest BCUT2D eigenvalue weighted by Gasteiger charge is -2.10. The minimum Gasteiger partial charge on any atom is -0.245 e. The fraction of sp³-hybridized carbons (Fsp3) is 0.0833. The Labute approximate surface area is 178 Å². The summed E-state index contributed by atoms with van der Waals surface area (Å²) in [6.45, 7) is 0. The minimum atomic E-state index is -2.66. The van der Waals surface area contributed by atoms with Gasteiger partial charge in [0.15, 0.2) is 0 Å². The van der Waals surface area contributed by atoms with Gasteiger partial charge in [0.2, 0.25) is 0 Å². The van der Waals surface area contributed by atoms with E-state index in [1.165, 1.54) is 0 Å². The molecule has 0 aliphatic heterocycles. The van der Waals surface area contributed by atoms with Crippen molar-refractivity contribution in [1.82, 2.24) is 0 Å². The lowest BCUT2D eigenvalue weighted by molar-refractivity contribution is 0.680. The molecular weight excluding hydrogens is 412 g/mol. The molecule has 0 saturated carbocycles. The first kappa shape index (κ1) is 20.3. The fourth-order valence-corrected chi connectivity index (χ4v) is 5.87. The molecule has 4 aromatic rings. The van der Waals surface area contributed by atoms with Gasteiger partial charge in [-0.25, -0.2) is 8.42 Å². The van der Waals surface area contributed by atoms with E-state index < -0.39 is 19.5 Å². The summed E-state index contributed by atoms with van der Waals surface area (Å²) in [4.78, 5) is 1.33. The van der Waals surface area contributed by atoms with Crippen molar-refractivity contribution in [2.45, 2.75) is 9.79 Å². The standard InChI is InChI=1S/C24H22N2O2S2/c1-29(27,20-13-5-3-6-14-20)25-22-17-9-11-19-12-10-18-23(24(19)22)26-30(2,28)21-15-7-4-8-16-21/h3-18H,1-2H3/t29-,30-/m0/s1. The molecule has 2 atom stereocenters.